The maximum atomic E-state index is 13.9. The van der Waals surface area contributed by atoms with E-state index in [1.165, 1.54) is 4.90 Å². The van der Waals surface area contributed by atoms with Gasteiger partial charge in [0, 0.05) is 38.4 Å². The summed E-state index contributed by atoms with van der Waals surface area (Å²) in [7, 11) is 0. The van der Waals surface area contributed by atoms with E-state index in [4.69, 9.17) is 14.2 Å². The van der Waals surface area contributed by atoms with Gasteiger partial charge in [0.2, 0.25) is 17.7 Å². The highest BCUT2D eigenvalue weighted by molar-refractivity contribution is 6.02. The van der Waals surface area contributed by atoms with Crippen molar-refractivity contribution in [2.24, 2.45) is 17.8 Å². The van der Waals surface area contributed by atoms with Gasteiger partial charge in [-0.3, -0.25) is 19.3 Å². The molecule has 11 heteroatoms. The first-order valence-corrected chi connectivity index (χ1v) is 14.0. The Balaban J connectivity index is 1.37. The van der Waals surface area contributed by atoms with E-state index in [1.807, 2.05) is 20.8 Å². The van der Waals surface area contributed by atoms with Gasteiger partial charge in [-0.05, 0) is 50.5 Å². The molecular weight excluding hydrogens is 504 g/mol. The highest BCUT2D eigenvalue weighted by atomic mass is 16.5. The number of likely N-dealkylation sites (tertiary alicyclic amines) is 1. The van der Waals surface area contributed by atoms with Gasteiger partial charge in [-0.2, -0.15) is 0 Å². The summed E-state index contributed by atoms with van der Waals surface area (Å²) in [6, 6.07) is 6.17. The molecule has 39 heavy (non-hydrogen) atoms. The number of nitrogens with zero attached hydrogens (tertiary/aromatic N) is 2. The topological polar surface area (TPSA) is 130 Å². The Morgan fingerprint density at radius 3 is 2.54 bits per heavy atom. The first kappa shape index (κ1) is 27.8. The van der Waals surface area contributed by atoms with Gasteiger partial charge in [-0.15, -0.1) is 0 Å². The third-order valence-corrected chi connectivity index (χ3v) is 8.95. The van der Waals surface area contributed by atoms with Gasteiger partial charge in [0.1, 0.15) is 17.4 Å². The predicted molar refractivity (Wildman–Crippen MR) is 142 cm³/mol. The summed E-state index contributed by atoms with van der Waals surface area (Å²) in [5.41, 5.74) is -1.45. The van der Waals surface area contributed by atoms with Gasteiger partial charge in [0.25, 0.3) is 0 Å². The molecule has 1 aromatic carbocycles. The second-order valence-electron chi connectivity index (χ2n) is 11.2. The summed E-state index contributed by atoms with van der Waals surface area (Å²) in [4.78, 5) is 45.0. The summed E-state index contributed by atoms with van der Waals surface area (Å²) >= 11 is 0. The Labute approximate surface area is 229 Å². The Morgan fingerprint density at radius 1 is 1.15 bits per heavy atom. The van der Waals surface area contributed by atoms with Crippen LogP contribution in [0.3, 0.4) is 0 Å². The van der Waals surface area contributed by atoms with Crippen LogP contribution in [-0.4, -0.2) is 109 Å². The maximum Gasteiger partial charge on any atom is 0.245 e. The number of rotatable bonds is 10. The van der Waals surface area contributed by atoms with Gasteiger partial charge in [-0.1, -0.05) is 6.92 Å². The van der Waals surface area contributed by atoms with Crippen LogP contribution in [0.4, 0.5) is 5.69 Å². The van der Waals surface area contributed by atoms with E-state index in [2.05, 4.69) is 15.5 Å². The molecule has 4 heterocycles. The van der Waals surface area contributed by atoms with E-state index in [0.717, 1.165) is 13.1 Å². The second kappa shape index (κ2) is 11.0. The third-order valence-electron chi connectivity index (χ3n) is 8.95. The molecule has 0 aromatic heterocycles. The molecule has 1 aromatic rings. The van der Waals surface area contributed by atoms with Crippen molar-refractivity contribution >= 4 is 23.4 Å². The van der Waals surface area contributed by atoms with Gasteiger partial charge >= 0.3 is 0 Å². The van der Waals surface area contributed by atoms with E-state index in [-0.39, 0.29) is 36.8 Å². The van der Waals surface area contributed by atoms with Crippen LogP contribution in [-0.2, 0) is 23.9 Å². The van der Waals surface area contributed by atoms with Crippen LogP contribution >= 0.6 is 0 Å². The number of carbonyl (C=O) groups excluding carboxylic acids is 3. The maximum absolute atomic E-state index is 13.9. The molecule has 4 aliphatic heterocycles. The molecule has 6 atom stereocenters. The van der Waals surface area contributed by atoms with Gasteiger partial charge in [-0.25, -0.2) is 0 Å². The Morgan fingerprint density at radius 2 is 1.87 bits per heavy atom. The van der Waals surface area contributed by atoms with E-state index < -0.39 is 29.1 Å². The van der Waals surface area contributed by atoms with Crippen molar-refractivity contribution in [3.63, 3.8) is 0 Å². The Hall–Kier alpha value is -2.73. The Bertz CT molecular complexity index is 1080. The van der Waals surface area contributed by atoms with E-state index in [0.29, 0.717) is 50.8 Å². The van der Waals surface area contributed by atoms with Gasteiger partial charge < -0.3 is 34.9 Å². The fourth-order valence-corrected chi connectivity index (χ4v) is 7.07. The lowest BCUT2D eigenvalue weighted by Gasteiger charge is -2.36. The molecule has 0 saturated carbocycles. The zero-order chi connectivity index (χ0) is 27.8. The van der Waals surface area contributed by atoms with Crippen LogP contribution in [0.5, 0.6) is 5.75 Å². The van der Waals surface area contributed by atoms with Crippen molar-refractivity contribution in [3.05, 3.63) is 24.3 Å². The summed E-state index contributed by atoms with van der Waals surface area (Å²) in [5.74, 6) is -1.90. The normalized spacial score (nSPS) is 33.7. The molecule has 214 valence electrons. The molecule has 1 spiro atoms. The zero-order valence-corrected chi connectivity index (χ0v) is 23.0. The molecular formula is C28H40N4O7. The molecule has 4 saturated heterocycles. The van der Waals surface area contributed by atoms with Crippen LogP contribution in [0.25, 0.3) is 0 Å². The molecule has 0 radical (unpaired) electrons. The Kier molecular flexibility index (Phi) is 7.87. The number of ether oxygens (including phenoxy) is 3. The average molecular weight is 545 g/mol. The van der Waals surface area contributed by atoms with Crippen molar-refractivity contribution in [3.8, 4) is 5.75 Å². The minimum Gasteiger partial charge on any atom is -0.494 e. The average Bonchev–Trinajstić information content (AvgIpc) is 3.43. The number of carbonyl (C=O) groups is 3. The monoisotopic (exact) mass is 544 g/mol. The van der Waals surface area contributed by atoms with Crippen molar-refractivity contribution in [2.75, 3.05) is 64.5 Å². The quantitative estimate of drug-likeness (QED) is 0.388. The van der Waals surface area contributed by atoms with Crippen molar-refractivity contribution in [2.45, 2.75) is 44.4 Å². The van der Waals surface area contributed by atoms with Crippen LogP contribution in [0.1, 0.15) is 27.2 Å². The number of nitrogens with one attached hydrogen (secondary N) is 2. The number of anilines is 1. The smallest absolute Gasteiger partial charge is 0.245 e. The summed E-state index contributed by atoms with van der Waals surface area (Å²) in [5, 5.41) is 15.8. The van der Waals surface area contributed by atoms with E-state index >= 15 is 0 Å². The first-order chi connectivity index (χ1) is 18.7. The van der Waals surface area contributed by atoms with E-state index in [1.54, 1.807) is 24.3 Å². The molecule has 3 amide bonds. The molecule has 5 rings (SSSR count). The van der Waals surface area contributed by atoms with Crippen molar-refractivity contribution < 1.29 is 33.7 Å². The van der Waals surface area contributed by atoms with Crippen LogP contribution < -0.4 is 15.4 Å². The van der Waals surface area contributed by atoms with Crippen LogP contribution in [0.15, 0.2) is 24.3 Å². The molecule has 3 unspecified atom stereocenters. The lowest BCUT2D eigenvalue weighted by Crippen LogP contribution is -2.56. The van der Waals surface area contributed by atoms with Crippen LogP contribution in [0.2, 0.25) is 0 Å². The first-order valence-electron chi connectivity index (χ1n) is 14.0. The van der Waals surface area contributed by atoms with Crippen LogP contribution in [0, 0.1) is 17.8 Å². The minimum atomic E-state index is -1.13. The number of morpholine rings is 1. The predicted octanol–water partition coefficient (Wildman–Crippen LogP) is 0.475. The number of aliphatic hydroxyl groups excluding tert-OH is 1. The minimum absolute atomic E-state index is 0.000316. The molecule has 4 fully saturated rings. The summed E-state index contributed by atoms with van der Waals surface area (Å²) in [6.45, 7) is 10.1. The molecule has 4 aliphatic rings. The molecule has 0 aliphatic carbocycles. The summed E-state index contributed by atoms with van der Waals surface area (Å²) in [6.07, 6.45) is 0.482. The number of hydrogen-bond donors (Lipinski definition) is 3. The number of benzene rings is 1. The third kappa shape index (κ3) is 4.79. The highest BCUT2D eigenvalue weighted by Gasteiger charge is 2.79. The molecule has 11 nitrogen and oxygen atoms in total. The number of amides is 3. The lowest BCUT2D eigenvalue weighted by molar-refractivity contribution is -0.146. The van der Waals surface area contributed by atoms with Gasteiger partial charge in [0.05, 0.1) is 43.9 Å². The standard InChI is InChI=1S/C28H40N4O7/c1-4-38-20-7-5-19(6-8-20)30-24(34)21-22-26(36)32(11-14-33)23(28(22)17-18(2)27(21,3)39-28)25(35)29-9-10-31-12-15-37-16-13-31/h5-8,18,21-23,33H,4,9-17H2,1-3H3,(H,29,35)(H,30,34)/t18?,21-,22+,23?,27+,28?/m1/s1. The number of β-amino-alcohol motifs (C(OH)–C–C–N with tert-alkyl or cyclic N) is 1. The highest BCUT2D eigenvalue weighted by Crippen LogP contribution is 2.65. The fourth-order valence-electron chi connectivity index (χ4n) is 7.07. The largest absolute Gasteiger partial charge is 0.494 e. The van der Waals surface area contributed by atoms with Crippen molar-refractivity contribution in [1.29, 1.82) is 0 Å². The zero-order valence-electron chi connectivity index (χ0n) is 23.0. The fraction of sp³-hybridized carbons (Fsp3) is 0.679. The molecule has 3 N–H and O–H groups in total. The summed E-state index contributed by atoms with van der Waals surface area (Å²) < 4.78 is 17.5. The van der Waals surface area contributed by atoms with Crippen molar-refractivity contribution in [1.82, 2.24) is 15.1 Å². The molecule has 2 bridgehead atoms. The number of hydrogen-bond acceptors (Lipinski definition) is 8. The SMILES string of the molecule is CCOc1ccc(NC(=O)[C@H]2[C@H]3C(=O)N(CCO)C(C(=O)NCCN4CCOCC4)C34CC(C)[C@]2(C)O4)cc1. The number of fused-ring (bicyclic) bond motifs is 1. The lowest BCUT2D eigenvalue weighted by atomic mass is 9.62. The number of aliphatic hydroxyl groups is 1. The van der Waals surface area contributed by atoms with E-state index in [9.17, 15) is 19.5 Å². The second-order valence-corrected chi connectivity index (χ2v) is 11.2. The van der Waals surface area contributed by atoms with Gasteiger partial charge in [0.15, 0.2) is 0 Å².